The number of hydrogen-bond donors (Lipinski definition) is 3. The predicted molar refractivity (Wildman–Crippen MR) is 71.4 cm³/mol. The number of rotatable bonds is 5. The van der Waals surface area contributed by atoms with E-state index in [1.807, 2.05) is 0 Å². The number of urea groups is 1. The molecule has 0 aromatic heterocycles. The van der Waals surface area contributed by atoms with Crippen LogP contribution in [0.2, 0.25) is 0 Å². The Morgan fingerprint density at radius 2 is 1.75 bits per heavy atom. The van der Waals surface area contributed by atoms with Gasteiger partial charge in [0.1, 0.15) is 6.04 Å². The molecule has 1 atom stereocenters. The van der Waals surface area contributed by atoms with E-state index in [0.717, 1.165) is 25.7 Å². The molecule has 1 unspecified atom stereocenters. The van der Waals surface area contributed by atoms with Gasteiger partial charge in [0.25, 0.3) is 0 Å². The van der Waals surface area contributed by atoms with Gasteiger partial charge in [-0.2, -0.15) is 0 Å². The maximum Gasteiger partial charge on any atom is 0.326 e. The van der Waals surface area contributed by atoms with Crippen molar-refractivity contribution in [2.24, 2.45) is 5.92 Å². The Labute approximate surface area is 117 Å². The molecule has 114 valence electrons. The van der Waals surface area contributed by atoms with Gasteiger partial charge >= 0.3 is 18.0 Å². The molecule has 3 N–H and O–H groups in total. The van der Waals surface area contributed by atoms with E-state index in [1.54, 1.807) is 7.05 Å². The minimum atomic E-state index is -1.40. The van der Waals surface area contributed by atoms with Gasteiger partial charge < -0.3 is 20.4 Å². The molecule has 7 heteroatoms. The second kappa shape index (κ2) is 7.12. The first-order chi connectivity index (χ1) is 9.31. The molecule has 20 heavy (non-hydrogen) atoms. The van der Waals surface area contributed by atoms with Crippen molar-refractivity contribution in [1.29, 1.82) is 0 Å². The lowest BCUT2D eigenvalue weighted by molar-refractivity contribution is -0.145. The molecule has 1 saturated carbocycles. The zero-order valence-corrected chi connectivity index (χ0v) is 11.8. The van der Waals surface area contributed by atoms with Crippen LogP contribution in [0, 0.1) is 5.92 Å². The maximum atomic E-state index is 12.0. The Morgan fingerprint density at radius 3 is 2.20 bits per heavy atom. The number of nitrogens with zero attached hydrogens (tertiary/aromatic N) is 1. The van der Waals surface area contributed by atoms with Gasteiger partial charge in [0.05, 0.1) is 6.42 Å². The fourth-order valence-electron chi connectivity index (χ4n) is 2.42. The molecule has 0 spiro atoms. The molecule has 0 bridgehead atoms. The van der Waals surface area contributed by atoms with Crippen LogP contribution in [0.1, 0.15) is 39.0 Å². The Kier molecular flexibility index (Phi) is 5.79. The average Bonchev–Trinajstić information content (AvgIpc) is 2.37. The zero-order chi connectivity index (χ0) is 15.3. The van der Waals surface area contributed by atoms with E-state index in [0.29, 0.717) is 5.92 Å². The number of carboxylic acids is 2. The number of nitrogens with one attached hydrogen (secondary N) is 1. The van der Waals surface area contributed by atoms with Gasteiger partial charge in [-0.3, -0.25) is 4.79 Å². The van der Waals surface area contributed by atoms with E-state index in [1.165, 1.54) is 4.90 Å². The van der Waals surface area contributed by atoms with E-state index in [-0.39, 0.29) is 6.04 Å². The molecule has 0 heterocycles. The molecule has 0 saturated heterocycles. The first-order valence-electron chi connectivity index (χ1n) is 6.79. The maximum absolute atomic E-state index is 12.0. The van der Waals surface area contributed by atoms with Crippen LogP contribution < -0.4 is 5.32 Å². The lowest BCUT2D eigenvalue weighted by Crippen LogP contribution is -2.51. The number of aliphatic carboxylic acids is 2. The van der Waals surface area contributed by atoms with Gasteiger partial charge in [-0.1, -0.05) is 6.92 Å². The van der Waals surface area contributed by atoms with Crippen molar-refractivity contribution >= 4 is 18.0 Å². The van der Waals surface area contributed by atoms with Gasteiger partial charge in [0, 0.05) is 13.1 Å². The van der Waals surface area contributed by atoms with Gasteiger partial charge in [-0.25, -0.2) is 9.59 Å². The minimum Gasteiger partial charge on any atom is -0.481 e. The van der Waals surface area contributed by atoms with Gasteiger partial charge in [0.2, 0.25) is 0 Å². The van der Waals surface area contributed by atoms with Gasteiger partial charge in [-0.05, 0) is 31.6 Å². The number of carboxylic acid groups (broad SMARTS) is 2. The van der Waals surface area contributed by atoms with Crippen molar-refractivity contribution in [2.75, 3.05) is 7.05 Å². The van der Waals surface area contributed by atoms with E-state index in [2.05, 4.69) is 12.2 Å². The molecule has 1 rings (SSSR count). The molecular weight excluding hydrogens is 264 g/mol. The van der Waals surface area contributed by atoms with Crippen LogP contribution in [0.15, 0.2) is 0 Å². The van der Waals surface area contributed by atoms with Crippen molar-refractivity contribution in [1.82, 2.24) is 10.2 Å². The molecule has 0 aromatic carbocycles. The smallest absolute Gasteiger partial charge is 0.326 e. The Hall–Kier alpha value is -1.79. The highest BCUT2D eigenvalue weighted by Gasteiger charge is 2.28. The summed E-state index contributed by atoms with van der Waals surface area (Å²) in [6, 6.07) is -1.84. The summed E-state index contributed by atoms with van der Waals surface area (Å²) < 4.78 is 0. The Morgan fingerprint density at radius 1 is 1.20 bits per heavy atom. The highest BCUT2D eigenvalue weighted by molar-refractivity contribution is 5.86. The van der Waals surface area contributed by atoms with Crippen molar-refractivity contribution in [3.8, 4) is 0 Å². The molecule has 0 radical (unpaired) electrons. The van der Waals surface area contributed by atoms with Crippen molar-refractivity contribution in [3.63, 3.8) is 0 Å². The van der Waals surface area contributed by atoms with Crippen LogP contribution in [0.5, 0.6) is 0 Å². The third-order valence-corrected chi connectivity index (χ3v) is 3.83. The monoisotopic (exact) mass is 286 g/mol. The van der Waals surface area contributed by atoms with Crippen LogP contribution in [0.25, 0.3) is 0 Å². The molecule has 0 aliphatic heterocycles. The quantitative estimate of drug-likeness (QED) is 0.702. The third-order valence-electron chi connectivity index (χ3n) is 3.83. The second-order valence-electron chi connectivity index (χ2n) is 5.46. The van der Waals surface area contributed by atoms with Crippen LogP contribution in [-0.4, -0.2) is 52.2 Å². The third kappa shape index (κ3) is 4.71. The summed E-state index contributed by atoms with van der Waals surface area (Å²) >= 11 is 0. The first kappa shape index (κ1) is 16.3. The lowest BCUT2D eigenvalue weighted by Gasteiger charge is -2.34. The van der Waals surface area contributed by atoms with Crippen molar-refractivity contribution in [3.05, 3.63) is 0 Å². The van der Waals surface area contributed by atoms with E-state index >= 15 is 0 Å². The highest BCUT2D eigenvalue weighted by Crippen LogP contribution is 2.26. The van der Waals surface area contributed by atoms with E-state index in [9.17, 15) is 14.4 Å². The molecule has 0 aromatic rings. The standard InChI is InChI=1S/C13H22N2O5/c1-8-3-5-9(6-4-8)15(2)13(20)14-10(12(18)19)7-11(16)17/h8-10H,3-7H2,1-2H3,(H,14,20)(H,16,17)(H,18,19). The summed E-state index contributed by atoms with van der Waals surface area (Å²) in [7, 11) is 1.62. The first-order valence-corrected chi connectivity index (χ1v) is 6.79. The van der Waals surface area contributed by atoms with Crippen LogP contribution in [0.4, 0.5) is 4.79 Å². The minimum absolute atomic E-state index is 0.0884. The molecule has 1 fully saturated rings. The van der Waals surface area contributed by atoms with Crippen LogP contribution in [-0.2, 0) is 9.59 Å². The van der Waals surface area contributed by atoms with Gasteiger partial charge in [-0.15, -0.1) is 0 Å². The predicted octanol–water partition coefficient (Wildman–Crippen LogP) is 1.13. The number of amides is 2. The summed E-state index contributed by atoms with van der Waals surface area (Å²) in [4.78, 5) is 35.0. The summed E-state index contributed by atoms with van der Waals surface area (Å²) in [5, 5.41) is 19.8. The highest BCUT2D eigenvalue weighted by atomic mass is 16.4. The zero-order valence-electron chi connectivity index (χ0n) is 11.8. The summed E-state index contributed by atoms with van der Waals surface area (Å²) in [6.45, 7) is 2.17. The van der Waals surface area contributed by atoms with Gasteiger partial charge in [0.15, 0.2) is 0 Å². The van der Waals surface area contributed by atoms with Crippen LogP contribution in [0.3, 0.4) is 0 Å². The summed E-state index contributed by atoms with van der Waals surface area (Å²) in [5.41, 5.74) is 0. The fourth-order valence-corrected chi connectivity index (χ4v) is 2.42. The van der Waals surface area contributed by atoms with E-state index < -0.39 is 30.4 Å². The molecule has 1 aliphatic carbocycles. The van der Waals surface area contributed by atoms with Crippen molar-refractivity contribution < 1.29 is 24.6 Å². The fraction of sp³-hybridized carbons (Fsp3) is 0.769. The average molecular weight is 286 g/mol. The number of carbonyl (C=O) groups is 3. The lowest BCUT2D eigenvalue weighted by atomic mass is 9.87. The normalized spacial score (nSPS) is 23.7. The van der Waals surface area contributed by atoms with Crippen molar-refractivity contribution in [2.45, 2.75) is 51.1 Å². The Balaban J connectivity index is 2.55. The summed E-state index contributed by atoms with van der Waals surface area (Å²) in [6.07, 6.45) is 3.24. The number of carbonyl (C=O) groups excluding carboxylic acids is 1. The molecule has 2 amide bonds. The molecule has 1 aliphatic rings. The summed E-state index contributed by atoms with van der Waals surface area (Å²) in [5.74, 6) is -1.94. The topological polar surface area (TPSA) is 107 Å². The van der Waals surface area contributed by atoms with E-state index in [4.69, 9.17) is 10.2 Å². The molecule has 7 nitrogen and oxygen atoms in total. The molecular formula is C13H22N2O5. The largest absolute Gasteiger partial charge is 0.481 e. The SMILES string of the molecule is CC1CCC(N(C)C(=O)NC(CC(=O)O)C(=O)O)CC1. The second-order valence-corrected chi connectivity index (χ2v) is 5.46. The number of hydrogen-bond acceptors (Lipinski definition) is 3. The Bertz CT molecular complexity index is 377. The van der Waals surface area contributed by atoms with Crippen LogP contribution >= 0.6 is 0 Å².